The number of allylic oxidation sites excluding steroid dienone is 2. The fourth-order valence-electron chi connectivity index (χ4n) is 5.70. The van der Waals surface area contributed by atoms with Gasteiger partial charge in [0.1, 0.15) is 0 Å². The molecule has 41 heavy (non-hydrogen) atoms. The van der Waals surface area contributed by atoms with Gasteiger partial charge in [-0.15, -0.1) is 0 Å². The highest BCUT2D eigenvalue weighted by Crippen LogP contribution is 2.27. The van der Waals surface area contributed by atoms with Crippen molar-refractivity contribution in [2.45, 2.75) is 39.5 Å². The lowest BCUT2D eigenvalue weighted by atomic mass is 9.94. The molecule has 206 valence electrons. The summed E-state index contributed by atoms with van der Waals surface area (Å²) in [4.78, 5) is 0. The molecule has 0 amide bonds. The van der Waals surface area contributed by atoms with Gasteiger partial charge in [0.25, 0.3) is 0 Å². The van der Waals surface area contributed by atoms with Gasteiger partial charge in [0.15, 0.2) is 0 Å². The highest BCUT2D eigenvalue weighted by atomic mass is 28.4. The molecule has 0 atom stereocenters. The highest BCUT2D eigenvalue weighted by Gasteiger charge is 2.44. The molecule has 0 heterocycles. The van der Waals surface area contributed by atoms with E-state index in [-0.39, 0.29) is 0 Å². The summed E-state index contributed by atoms with van der Waals surface area (Å²) in [5.41, 5.74) is 4.07. The fraction of sp³-hybridized carbons (Fsp3) is 0.179. The van der Waals surface area contributed by atoms with Crippen LogP contribution in [0.5, 0.6) is 0 Å². The summed E-state index contributed by atoms with van der Waals surface area (Å²) in [5, 5.41) is 3.79. The van der Waals surface area contributed by atoms with Crippen LogP contribution in [0.1, 0.15) is 37.8 Å². The summed E-state index contributed by atoms with van der Waals surface area (Å²) < 4.78 is 7.77. The average molecular weight is 553 g/mol. The molecule has 5 rings (SSSR count). The molecule has 0 N–H and O–H groups in total. The standard InChI is InChI=1S/C39H40OSi/c1-32(2)30-35(31-34-20-10-4-11-21-34)39(29-28-33-18-8-3-9-19-33)40-41(36-22-12-5-13-23-36,37-24-14-6-15-25-37)38-26-16-7-17-27-38/h3-27,32H,28-31H2,1-2H3/b39-35-. The Bertz CT molecular complexity index is 1400. The second-order valence-corrected chi connectivity index (χ2v) is 14.5. The van der Waals surface area contributed by atoms with Gasteiger partial charge < -0.3 is 4.43 Å². The highest BCUT2D eigenvalue weighted by molar-refractivity contribution is 7.07. The molecular weight excluding hydrogens is 513 g/mol. The van der Waals surface area contributed by atoms with Crippen molar-refractivity contribution in [3.05, 3.63) is 174 Å². The van der Waals surface area contributed by atoms with Gasteiger partial charge in [0.2, 0.25) is 0 Å². The number of hydrogen-bond donors (Lipinski definition) is 0. The minimum Gasteiger partial charge on any atom is -0.534 e. The molecule has 0 fully saturated rings. The van der Waals surface area contributed by atoms with Gasteiger partial charge in [-0.2, -0.15) is 0 Å². The van der Waals surface area contributed by atoms with Crippen molar-refractivity contribution in [2.24, 2.45) is 5.92 Å². The van der Waals surface area contributed by atoms with Crippen LogP contribution in [0.3, 0.4) is 0 Å². The second kappa shape index (κ2) is 14.0. The summed E-state index contributed by atoms with van der Waals surface area (Å²) >= 11 is 0. The molecule has 0 aliphatic rings. The molecule has 0 aliphatic heterocycles. The Morgan fingerprint density at radius 1 is 0.537 bits per heavy atom. The molecule has 0 saturated carbocycles. The fourth-order valence-corrected chi connectivity index (χ4v) is 9.66. The van der Waals surface area contributed by atoms with Crippen molar-refractivity contribution in [3.8, 4) is 0 Å². The van der Waals surface area contributed by atoms with Crippen LogP contribution in [0.2, 0.25) is 0 Å². The van der Waals surface area contributed by atoms with Crippen molar-refractivity contribution < 1.29 is 4.43 Å². The average Bonchev–Trinajstić information content (AvgIpc) is 3.03. The molecule has 0 radical (unpaired) electrons. The van der Waals surface area contributed by atoms with Crippen LogP contribution in [0, 0.1) is 5.92 Å². The SMILES string of the molecule is CC(C)C/C(Cc1ccccc1)=C(\CCc1ccccc1)O[Si](c1ccccc1)(c1ccccc1)c1ccccc1. The summed E-state index contributed by atoms with van der Waals surface area (Å²) in [6.07, 6.45) is 3.70. The largest absolute Gasteiger partial charge is 0.534 e. The maximum Gasteiger partial charge on any atom is 0.346 e. The van der Waals surface area contributed by atoms with E-state index >= 15 is 0 Å². The minimum absolute atomic E-state index is 0.519. The zero-order chi connectivity index (χ0) is 28.3. The first-order valence-electron chi connectivity index (χ1n) is 14.8. The predicted molar refractivity (Wildman–Crippen MR) is 176 cm³/mol. The van der Waals surface area contributed by atoms with E-state index in [0.717, 1.165) is 31.4 Å². The minimum atomic E-state index is -2.91. The molecule has 5 aromatic rings. The quantitative estimate of drug-likeness (QED) is 0.0870. The smallest absolute Gasteiger partial charge is 0.346 e. The van der Waals surface area contributed by atoms with Crippen LogP contribution < -0.4 is 15.6 Å². The van der Waals surface area contributed by atoms with E-state index in [1.165, 1.54) is 32.3 Å². The van der Waals surface area contributed by atoms with Crippen LogP contribution in [-0.2, 0) is 17.3 Å². The molecule has 5 aromatic carbocycles. The number of benzene rings is 5. The third kappa shape index (κ3) is 7.14. The van der Waals surface area contributed by atoms with Gasteiger partial charge in [0, 0.05) is 6.42 Å². The van der Waals surface area contributed by atoms with Crippen molar-refractivity contribution in [1.82, 2.24) is 0 Å². The number of hydrogen-bond acceptors (Lipinski definition) is 1. The van der Waals surface area contributed by atoms with Crippen molar-refractivity contribution in [3.63, 3.8) is 0 Å². The van der Waals surface area contributed by atoms with Crippen LogP contribution in [0.25, 0.3) is 0 Å². The summed E-state index contributed by atoms with van der Waals surface area (Å²) in [7, 11) is -2.91. The Balaban J connectivity index is 1.72. The number of aryl methyl sites for hydroxylation is 1. The van der Waals surface area contributed by atoms with Crippen molar-refractivity contribution in [1.29, 1.82) is 0 Å². The molecule has 0 aromatic heterocycles. The first kappa shape index (κ1) is 28.4. The third-order valence-electron chi connectivity index (χ3n) is 7.61. The van der Waals surface area contributed by atoms with Crippen LogP contribution in [0.4, 0.5) is 0 Å². The molecule has 0 aliphatic carbocycles. The van der Waals surface area contributed by atoms with Crippen molar-refractivity contribution in [2.75, 3.05) is 0 Å². The van der Waals surface area contributed by atoms with E-state index in [1.807, 2.05) is 0 Å². The molecular formula is C39H40OSi. The van der Waals surface area contributed by atoms with Crippen molar-refractivity contribution >= 4 is 23.9 Å². The van der Waals surface area contributed by atoms with Crippen LogP contribution in [-0.4, -0.2) is 8.32 Å². The third-order valence-corrected chi connectivity index (χ3v) is 11.6. The van der Waals surface area contributed by atoms with Gasteiger partial charge in [-0.05, 0) is 57.4 Å². The van der Waals surface area contributed by atoms with Gasteiger partial charge in [-0.1, -0.05) is 166 Å². The topological polar surface area (TPSA) is 9.23 Å². The Morgan fingerprint density at radius 3 is 1.34 bits per heavy atom. The predicted octanol–water partition coefficient (Wildman–Crippen LogP) is 7.85. The van der Waals surface area contributed by atoms with E-state index in [1.54, 1.807) is 0 Å². The molecule has 0 bridgehead atoms. The van der Waals surface area contributed by atoms with E-state index < -0.39 is 8.32 Å². The zero-order valence-corrected chi connectivity index (χ0v) is 25.2. The lowest BCUT2D eigenvalue weighted by molar-refractivity contribution is 0.397. The zero-order valence-electron chi connectivity index (χ0n) is 24.2. The molecule has 1 nitrogen and oxygen atoms in total. The Morgan fingerprint density at radius 2 is 0.927 bits per heavy atom. The molecule has 0 saturated heterocycles. The maximum absolute atomic E-state index is 7.77. The van der Waals surface area contributed by atoms with Gasteiger partial charge in [-0.3, -0.25) is 0 Å². The normalized spacial score (nSPS) is 12.2. The summed E-state index contributed by atoms with van der Waals surface area (Å²) in [6.45, 7) is 4.63. The van der Waals surface area contributed by atoms with E-state index in [4.69, 9.17) is 4.43 Å². The lowest BCUT2D eigenvalue weighted by Gasteiger charge is -2.36. The van der Waals surface area contributed by atoms with Gasteiger partial charge >= 0.3 is 8.32 Å². The summed E-state index contributed by atoms with van der Waals surface area (Å²) in [5.74, 6) is 1.67. The number of rotatable bonds is 12. The molecule has 2 heteroatoms. The monoisotopic (exact) mass is 552 g/mol. The lowest BCUT2D eigenvalue weighted by Crippen LogP contribution is -2.69. The Kier molecular flexibility index (Phi) is 9.67. The Hall–Kier alpha value is -4.14. The Labute approximate surface area is 247 Å². The second-order valence-electron chi connectivity index (χ2n) is 11.2. The van der Waals surface area contributed by atoms with E-state index in [9.17, 15) is 0 Å². The van der Waals surface area contributed by atoms with Crippen LogP contribution in [0.15, 0.2) is 163 Å². The van der Waals surface area contributed by atoms with E-state index in [2.05, 4.69) is 166 Å². The summed E-state index contributed by atoms with van der Waals surface area (Å²) in [6, 6.07) is 54.5. The maximum atomic E-state index is 7.77. The van der Waals surface area contributed by atoms with Crippen LogP contribution >= 0.6 is 0 Å². The van der Waals surface area contributed by atoms with Gasteiger partial charge in [0.05, 0.1) is 5.76 Å². The first-order valence-corrected chi connectivity index (χ1v) is 16.7. The molecule has 0 spiro atoms. The first-order chi connectivity index (χ1) is 20.1. The van der Waals surface area contributed by atoms with E-state index in [0.29, 0.717) is 5.92 Å². The molecule has 0 unspecified atom stereocenters. The van der Waals surface area contributed by atoms with Gasteiger partial charge in [-0.25, -0.2) is 0 Å².